The van der Waals surface area contributed by atoms with E-state index in [1.165, 1.54) is 28.0 Å². The number of nitrogens with zero attached hydrogens (tertiary/aromatic N) is 5. The molecule has 2 N–H and O–H groups in total. The van der Waals surface area contributed by atoms with Gasteiger partial charge in [-0.1, -0.05) is 12.1 Å². The first-order chi connectivity index (χ1) is 15.6. The van der Waals surface area contributed by atoms with Gasteiger partial charge in [-0.2, -0.15) is 9.61 Å². The van der Waals surface area contributed by atoms with Crippen molar-refractivity contribution < 1.29 is 13.9 Å². The van der Waals surface area contributed by atoms with Gasteiger partial charge in [0.1, 0.15) is 10.8 Å². The van der Waals surface area contributed by atoms with Gasteiger partial charge in [-0.25, -0.2) is 9.37 Å². The highest BCUT2D eigenvalue weighted by atomic mass is 32.1. The molecule has 160 valence electrons. The van der Waals surface area contributed by atoms with Crippen molar-refractivity contribution in [3.05, 3.63) is 59.9 Å². The first-order valence-corrected chi connectivity index (χ1v) is 10.4. The molecule has 3 aromatic heterocycles. The minimum atomic E-state index is -0.313. The molecule has 0 aliphatic rings. The van der Waals surface area contributed by atoms with Crippen LogP contribution in [0.4, 0.5) is 10.2 Å². The smallest absolute Gasteiger partial charge is 0.187 e. The van der Waals surface area contributed by atoms with Gasteiger partial charge in [0.2, 0.25) is 0 Å². The fraction of sp³-hybridized carbons (Fsp3) is 0.0909. The Kier molecular flexibility index (Phi) is 4.91. The second-order valence-corrected chi connectivity index (χ2v) is 7.70. The SMILES string of the molecule is COc1ccc(-c2csc(-c3nnc4c(-c5ccc(F)cc5)cnn4c3N)n2)cc1OC. The Balaban J connectivity index is 1.53. The molecule has 2 aromatic carbocycles. The van der Waals surface area contributed by atoms with Gasteiger partial charge in [-0.15, -0.1) is 21.5 Å². The standard InChI is InChI=1S/C22H17FN6O2S/c1-30-17-8-5-13(9-18(17)31-2)16-11-32-22(26-16)19-20(24)29-21(28-27-19)15(10-25-29)12-3-6-14(23)7-4-12/h3-11H,24H2,1-2H3. The zero-order chi connectivity index (χ0) is 22.2. The fourth-order valence-electron chi connectivity index (χ4n) is 3.36. The average Bonchev–Trinajstić information content (AvgIpc) is 3.47. The van der Waals surface area contributed by atoms with Crippen LogP contribution in [0.5, 0.6) is 11.5 Å². The van der Waals surface area contributed by atoms with E-state index in [1.807, 2.05) is 23.6 Å². The second-order valence-electron chi connectivity index (χ2n) is 6.84. The number of hydrogen-bond donors (Lipinski definition) is 1. The summed E-state index contributed by atoms with van der Waals surface area (Å²) in [6, 6.07) is 11.7. The maximum atomic E-state index is 13.3. The number of anilines is 1. The van der Waals surface area contributed by atoms with Gasteiger partial charge in [0.05, 0.1) is 26.1 Å². The summed E-state index contributed by atoms with van der Waals surface area (Å²) in [5.74, 6) is 1.26. The van der Waals surface area contributed by atoms with E-state index in [-0.39, 0.29) is 5.82 Å². The molecule has 0 spiro atoms. The summed E-state index contributed by atoms with van der Waals surface area (Å²) >= 11 is 1.40. The predicted molar refractivity (Wildman–Crippen MR) is 120 cm³/mol. The molecule has 5 rings (SSSR count). The number of rotatable bonds is 5. The van der Waals surface area contributed by atoms with Crippen LogP contribution in [0.15, 0.2) is 54.0 Å². The summed E-state index contributed by atoms with van der Waals surface area (Å²) in [5.41, 5.74) is 10.4. The summed E-state index contributed by atoms with van der Waals surface area (Å²) < 4.78 is 25.4. The molecule has 0 saturated carbocycles. The van der Waals surface area contributed by atoms with Crippen LogP contribution in [-0.2, 0) is 0 Å². The summed E-state index contributed by atoms with van der Waals surface area (Å²) in [5, 5.41) is 15.5. The lowest BCUT2D eigenvalue weighted by molar-refractivity contribution is 0.355. The largest absolute Gasteiger partial charge is 0.493 e. The van der Waals surface area contributed by atoms with Crippen molar-refractivity contribution >= 4 is 22.8 Å². The molecule has 3 heterocycles. The second kappa shape index (κ2) is 7.89. The molecule has 8 nitrogen and oxygen atoms in total. The van der Waals surface area contributed by atoms with Crippen LogP contribution in [0.2, 0.25) is 0 Å². The highest BCUT2D eigenvalue weighted by Crippen LogP contribution is 2.35. The molecule has 0 aliphatic carbocycles. The van der Waals surface area contributed by atoms with E-state index in [2.05, 4.69) is 20.3 Å². The number of hydrogen-bond acceptors (Lipinski definition) is 8. The third-order valence-electron chi connectivity index (χ3n) is 5.00. The van der Waals surface area contributed by atoms with E-state index >= 15 is 0 Å². The summed E-state index contributed by atoms with van der Waals surface area (Å²) in [4.78, 5) is 4.68. The number of benzene rings is 2. The minimum Gasteiger partial charge on any atom is -0.493 e. The first-order valence-electron chi connectivity index (χ1n) is 9.53. The Bertz CT molecular complexity index is 1430. The number of aromatic nitrogens is 5. The van der Waals surface area contributed by atoms with Gasteiger partial charge in [0.25, 0.3) is 0 Å². The fourth-order valence-corrected chi connectivity index (χ4v) is 4.18. The lowest BCUT2D eigenvalue weighted by Gasteiger charge is -2.08. The van der Waals surface area contributed by atoms with E-state index in [9.17, 15) is 4.39 Å². The quantitative estimate of drug-likeness (QED) is 0.427. The van der Waals surface area contributed by atoms with E-state index < -0.39 is 0 Å². The van der Waals surface area contributed by atoms with Gasteiger partial charge in [-0.05, 0) is 35.9 Å². The molecule has 0 amide bonds. The maximum Gasteiger partial charge on any atom is 0.187 e. The van der Waals surface area contributed by atoms with Crippen LogP contribution < -0.4 is 15.2 Å². The van der Waals surface area contributed by atoms with Crippen molar-refractivity contribution in [3.8, 4) is 44.6 Å². The molecule has 5 aromatic rings. The maximum absolute atomic E-state index is 13.3. The van der Waals surface area contributed by atoms with E-state index in [0.717, 1.165) is 16.8 Å². The van der Waals surface area contributed by atoms with Gasteiger partial charge >= 0.3 is 0 Å². The van der Waals surface area contributed by atoms with Crippen LogP contribution >= 0.6 is 11.3 Å². The molecule has 0 atom stereocenters. The Hall–Kier alpha value is -4.05. The van der Waals surface area contributed by atoms with E-state index in [0.29, 0.717) is 39.2 Å². The molecule has 0 bridgehead atoms. The number of nitrogens with two attached hydrogens (primary N) is 1. The molecule has 32 heavy (non-hydrogen) atoms. The van der Waals surface area contributed by atoms with Crippen LogP contribution in [-0.4, -0.2) is 39.0 Å². The first kappa shape index (κ1) is 19.9. The summed E-state index contributed by atoms with van der Waals surface area (Å²) in [7, 11) is 3.18. The molecule has 10 heteroatoms. The van der Waals surface area contributed by atoms with Gasteiger partial charge in [-0.3, -0.25) is 0 Å². The monoisotopic (exact) mass is 448 g/mol. The van der Waals surface area contributed by atoms with Crippen LogP contribution in [0.3, 0.4) is 0 Å². The van der Waals surface area contributed by atoms with Crippen molar-refractivity contribution in [3.63, 3.8) is 0 Å². The molecule has 0 fully saturated rings. The van der Waals surface area contributed by atoms with E-state index in [4.69, 9.17) is 15.2 Å². The van der Waals surface area contributed by atoms with Gasteiger partial charge in [0.15, 0.2) is 28.7 Å². The zero-order valence-electron chi connectivity index (χ0n) is 17.1. The molecular formula is C22H17FN6O2S. The third kappa shape index (κ3) is 3.30. The lowest BCUT2D eigenvalue weighted by Crippen LogP contribution is -2.05. The summed E-state index contributed by atoms with van der Waals surface area (Å²) in [6.45, 7) is 0. The number of methoxy groups -OCH3 is 2. The Morgan fingerprint density at radius 3 is 2.47 bits per heavy atom. The number of thiazole rings is 1. The molecule has 0 radical (unpaired) electrons. The zero-order valence-corrected chi connectivity index (χ0v) is 17.9. The molecule has 0 aliphatic heterocycles. The Morgan fingerprint density at radius 1 is 0.969 bits per heavy atom. The van der Waals surface area contributed by atoms with Crippen molar-refractivity contribution in [2.75, 3.05) is 20.0 Å². The number of ether oxygens (including phenoxy) is 2. The van der Waals surface area contributed by atoms with Crippen LogP contribution in [0.1, 0.15) is 0 Å². The predicted octanol–water partition coefficient (Wildman–Crippen LogP) is 4.32. The highest BCUT2D eigenvalue weighted by molar-refractivity contribution is 7.13. The Labute approximate surface area is 186 Å². The highest BCUT2D eigenvalue weighted by Gasteiger charge is 2.18. The van der Waals surface area contributed by atoms with Gasteiger partial charge in [0, 0.05) is 16.5 Å². The molecule has 0 saturated heterocycles. The molecule has 0 unspecified atom stereocenters. The Morgan fingerprint density at radius 2 is 1.72 bits per heavy atom. The van der Waals surface area contributed by atoms with E-state index in [1.54, 1.807) is 32.5 Å². The van der Waals surface area contributed by atoms with Crippen LogP contribution in [0.25, 0.3) is 38.7 Å². The molecular weight excluding hydrogens is 431 g/mol. The lowest BCUT2D eigenvalue weighted by atomic mass is 10.1. The van der Waals surface area contributed by atoms with Crippen LogP contribution in [0, 0.1) is 5.82 Å². The topological polar surface area (TPSA) is 100 Å². The number of nitrogen functional groups attached to an aromatic ring is 1. The average molecular weight is 448 g/mol. The normalized spacial score (nSPS) is 11.1. The van der Waals surface area contributed by atoms with Gasteiger partial charge < -0.3 is 15.2 Å². The summed E-state index contributed by atoms with van der Waals surface area (Å²) in [6.07, 6.45) is 1.63. The van der Waals surface area contributed by atoms with Crippen molar-refractivity contribution in [1.29, 1.82) is 0 Å². The minimum absolute atomic E-state index is 0.313. The number of halogens is 1. The van der Waals surface area contributed by atoms with Crippen molar-refractivity contribution in [2.45, 2.75) is 0 Å². The van der Waals surface area contributed by atoms with Crippen molar-refractivity contribution in [1.82, 2.24) is 24.8 Å². The van der Waals surface area contributed by atoms with Crippen molar-refractivity contribution in [2.24, 2.45) is 0 Å². The third-order valence-corrected chi connectivity index (χ3v) is 5.85. The number of fused-ring (bicyclic) bond motifs is 1.